The van der Waals surface area contributed by atoms with E-state index in [1.54, 1.807) is 18.5 Å². The van der Waals surface area contributed by atoms with Gasteiger partial charge >= 0.3 is 5.97 Å². The molecule has 0 amide bonds. The maximum atomic E-state index is 11.7. The molecule has 3 nitrogen and oxygen atoms in total. The number of methoxy groups -OCH3 is 1. The van der Waals surface area contributed by atoms with Crippen molar-refractivity contribution in [3.8, 4) is 23.5 Å². The van der Waals surface area contributed by atoms with Crippen molar-refractivity contribution in [3.63, 3.8) is 0 Å². The van der Waals surface area contributed by atoms with Crippen LogP contribution in [0.3, 0.4) is 0 Å². The summed E-state index contributed by atoms with van der Waals surface area (Å²) in [5.74, 6) is 2.19. The first-order valence-corrected chi connectivity index (χ1v) is 5.36. The molecule has 0 aliphatic rings. The molecule has 1 heterocycles. The molecule has 0 aliphatic carbocycles. The summed E-state index contributed by atoms with van der Waals surface area (Å²) in [4.78, 5) is 15.7. The Balaban J connectivity index is 2.65. The summed E-state index contributed by atoms with van der Waals surface area (Å²) >= 11 is 0. The zero-order valence-corrected chi connectivity index (χ0v) is 9.88. The van der Waals surface area contributed by atoms with Crippen LogP contribution in [0.2, 0.25) is 0 Å². The number of pyridine rings is 1. The number of carbonyl (C=O) groups excluding carboxylic acids is 1. The maximum Gasteiger partial charge on any atom is 0.338 e. The third-order valence-corrected chi connectivity index (χ3v) is 2.60. The molecule has 0 fully saturated rings. The molecule has 2 rings (SSSR count). The van der Waals surface area contributed by atoms with Gasteiger partial charge in [-0.25, -0.2) is 4.79 Å². The van der Waals surface area contributed by atoms with E-state index in [0.717, 1.165) is 11.1 Å². The molecule has 0 unspecified atom stereocenters. The van der Waals surface area contributed by atoms with Crippen LogP contribution >= 0.6 is 0 Å². The third kappa shape index (κ3) is 2.09. The summed E-state index contributed by atoms with van der Waals surface area (Å²) in [6.07, 6.45) is 8.62. The van der Waals surface area contributed by atoms with Crippen molar-refractivity contribution < 1.29 is 9.53 Å². The molecule has 1 aromatic heterocycles. The molecule has 0 spiro atoms. The number of rotatable bonds is 2. The van der Waals surface area contributed by atoms with Gasteiger partial charge in [-0.1, -0.05) is 24.1 Å². The summed E-state index contributed by atoms with van der Waals surface area (Å²) in [7, 11) is 1.35. The molecule has 0 saturated heterocycles. The molecule has 0 aliphatic heterocycles. The van der Waals surface area contributed by atoms with E-state index >= 15 is 0 Å². The van der Waals surface area contributed by atoms with Crippen molar-refractivity contribution in [2.24, 2.45) is 0 Å². The second-order valence-electron chi connectivity index (χ2n) is 3.60. The highest BCUT2D eigenvalue weighted by atomic mass is 16.5. The van der Waals surface area contributed by atoms with Crippen LogP contribution in [0, 0.1) is 12.3 Å². The highest BCUT2D eigenvalue weighted by Gasteiger charge is 2.14. The maximum absolute atomic E-state index is 11.7. The molecule has 1 aromatic carbocycles. The second kappa shape index (κ2) is 5.15. The van der Waals surface area contributed by atoms with E-state index in [9.17, 15) is 4.79 Å². The van der Waals surface area contributed by atoms with E-state index in [4.69, 9.17) is 11.2 Å². The molecule has 0 radical (unpaired) electrons. The van der Waals surface area contributed by atoms with Crippen LogP contribution in [-0.2, 0) is 4.74 Å². The summed E-state index contributed by atoms with van der Waals surface area (Å²) < 4.78 is 4.75. The Morgan fingerprint density at radius 2 is 2.06 bits per heavy atom. The number of terminal acetylenes is 1. The SMILES string of the molecule is C#Cc1ccccc1-c1cnccc1C(=O)OC. The fraction of sp³-hybridized carbons (Fsp3) is 0.0667. The molecule has 0 bridgehead atoms. The van der Waals surface area contributed by atoms with Crippen molar-refractivity contribution in [1.82, 2.24) is 4.98 Å². The molecule has 18 heavy (non-hydrogen) atoms. The zero-order valence-electron chi connectivity index (χ0n) is 9.88. The minimum Gasteiger partial charge on any atom is -0.465 e. The van der Waals surface area contributed by atoms with Gasteiger partial charge in [0.05, 0.1) is 12.7 Å². The van der Waals surface area contributed by atoms with Crippen molar-refractivity contribution >= 4 is 5.97 Å². The number of aromatic nitrogens is 1. The number of benzene rings is 1. The van der Waals surface area contributed by atoms with Crippen LogP contribution in [0.25, 0.3) is 11.1 Å². The molecule has 2 aromatic rings. The minimum atomic E-state index is -0.403. The standard InChI is InChI=1S/C15H11NO2/c1-3-11-6-4-5-7-12(11)14-10-16-9-8-13(14)15(17)18-2/h1,4-10H,2H3. The Hall–Kier alpha value is -2.60. The Labute approximate surface area is 105 Å². The Morgan fingerprint density at radius 3 is 2.78 bits per heavy atom. The van der Waals surface area contributed by atoms with Crippen LogP contribution in [-0.4, -0.2) is 18.1 Å². The highest BCUT2D eigenvalue weighted by molar-refractivity contribution is 5.97. The van der Waals surface area contributed by atoms with Crippen molar-refractivity contribution in [3.05, 3.63) is 53.9 Å². The lowest BCUT2D eigenvalue weighted by Crippen LogP contribution is -2.04. The largest absolute Gasteiger partial charge is 0.465 e. The summed E-state index contributed by atoms with van der Waals surface area (Å²) in [5, 5.41) is 0. The van der Waals surface area contributed by atoms with Gasteiger partial charge in [0, 0.05) is 23.5 Å². The average molecular weight is 237 g/mol. The van der Waals surface area contributed by atoms with E-state index in [1.165, 1.54) is 7.11 Å². The van der Waals surface area contributed by atoms with Crippen LogP contribution in [0.1, 0.15) is 15.9 Å². The van der Waals surface area contributed by atoms with Gasteiger partial charge in [0.2, 0.25) is 0 Å². The first-order valence-electron chi connectivity index (χ1n) is 5.36. The van der Waals surface area contributed by atoms with E-state index in [1.807, 2.05) is 24.3 Å². The van der Waals surface area contributed by atoms with E-state index < -0.39 is 5.97 Å². The predicted octanol–water partition coefficient (Wildman–Crippen LogP) is 2.52. The molecule has 3 heteroatoms. The fourth-order valence-corrected chi connectivity index (χ4v) is 1.74. The molecule has 0 atom stereocenters. The van der Waals surface area contributed by atoms with E-state index in [0.29, 0.717) is 11.1 Å². The van der Waals surface area contributed by atoms with Crippen molar-refractivity contribution in [2.45, 2.75) is 0 Å². The van der Waals surface area contributed by atoms with Crippen LogP contribution in [0.15, 0.2) is 42.7 Å². The summed E-state index contributed by atoms with van der Waals surface area (Å²) in [6, 6.07) is 9.02. The van der Waals surface area contributed by atoms with Crippen LogP contribution < -0.4 is 0 Å². The highest BCUT2D eigenvalue weighted by Crippen LogP contribution is 2.26. The van der Waals surface area contributed by atoms with Gasteiger partial charge in [-0.2, -0.15) is 0 Å². The normalized spacial score (nSPS) is 9.56. The van der Waals surface area contributed by atoms with Gasteiger partial charge in [-0.15, -0.1) is 6.42 Å². The lowest BCUT2D eigenvalue weighted by molar-refractivity contribution is 0.0601. The summed E-state index contributed by atoms with van der Waals surface area (Å²) in [5.41, 5.74) is 2.65. The molecule has 0 N–H and O–H groups in total. The van der Waals surface area contributed by atoms with Gasteiger partial charge in [0.15, 0.2) is 0 Å². The first kappa shape index (κ1) is 11.9. The second-order valence-corrected chi connectivity index (χ2v) is 3.60. The van der Waals surface area contributed by atoms with Gasteiger partial charge in [0.25, 0.3) is 0 Å². The molecule has 0 saturated carbocycles. The molecular weight excluding hydrogens is 226 g/mol. The quantitative estimate of drug-likeness (QED) is 0.595. The van der Waals surface area contributed by atoms with Gasteiger partial charge < -0.3 is 4.74 Å². The third-order valence-electron chi connectivity index (χ3n) is 2.60. The Morgan fingerprint density at radius 1 is 1.28 bits per heavy atom. The molecular formula is C15H11NO2. The summed E-state index contributed by atoms with van der Waals surface area (Å²) in [6.45, 7) is 0. The first-order chi connectivity index (χ1) is 8.77. The topological polar surface area (TPSA) is 39.2 Å². The molecule has 88 valence electrons. The lowest BCUT2D eigenvalue weighted by Gasteiger charge is -2.09. The number of esters is 1. The minimum absolute atomic E-state index is 0.403. The van der Waals surface area contributed by atoms with Gasteiger partial charge in [0.1, 0.15) is 0 Å². The van der Waals surface area contributed by atoms with E-state index in [-0.39, 0.29) is 0 Å². The Bertz CT molecular complexity index is 626. The number of hydrogen-bond acceptors (Lipinski definition) is 3. The van der Waals surface area contributed by atoms with Crippen molar-refractivity contribution in [2.75, 3.05) is 7.11 Å². The Kier molecular flexibility index (Phi) is 3.40. The van der Waals surface area contributed by atoms with Gasteiger partial charge in [-0.3, -0.25) is 4.98 Å². The average Bonchev–Trinajstić information content (AvgIpc) is 2.46. The zero-order chi connectivity index (χ0) is 13.0. The lowest BCUT2D eigenvalue weighted by atomic mass is 9.97. The van der Waals surface area contributed by atoms with E-state index in [2.05, 4.69) is 10.9 Å². The van der Waals surface area contributed by atoms with Crippen LogP contribution in [0.4, 0.5) is 0 Å². The number of nitrogens with zero attached hydrogens (tertiary/aromatic N) is 1. The van der Waals surface area contributed by atoms with Gasteiger partial charge in [-0.05, 0) is 17.7 Å². The smallest absolute Gasteiger partial charge is 0.338 e. The predicted molar refractivity (Wildman–Crippen MR) is 68.9 cm³/mol. The van der Waals surface area contributed by atoms with Crippen molar-refractivity contribution in [1.29, 1.82) is 0 Å². The van der Waals surface area contributed by atoms with Crippen LogP contribution in [0.5, 0.6) is 0 Å². The monoisotopic (exact) mass is 237 g/mol. The number of carbonyl (C=O) groups is 1. The number of ether oxygens (including phenoxy) is 1. The fourth-order valence-electron chi connectivity index (χ4n) is 1.74. The number of hydrogen-bond donors (Lipinski definition) is 0.